The van der Waals surface area contributed by atoms with Gasteiger partial charge in [-0.3, -0.25) is 9.59 Å². The Balaban J connectivity index is 1.49. The summed E-state index contributed by atoms with van der Waals surface area (Å²) in [7, 11) is 1.86. The molecule has 0 radical (unpaired) electrons. The van der Waals surface area contributed by atoms with Crippen molar-refractivity contribution >= 4 is 52.3 Å². The Bertz CT molecular complexity index is 1210. The molecule has 0 saturated heterocycles. The first-order valence-electron chi connectivity index (χ1n) is 9.50. The molecular formula is C21H17Cl2N5O2. The molecule has 2 heterocycles. The number of hydrogen-bond acceptors (Lipinski definition) is 6. The lowest BCUT2D eigenvalue weighted by molar-refractivity contribution is -0.114. The number of likely N-dealkylation sites (N-methyl/N-ethyl adjacent to an activating group) is 1. The summed E-state index contributed by atoms with van der Waals surface area (Å²) < 4.78 is 0. The third-order valence-electron chi connectivity index (χ3n) is 5.56. The Morgan fingerprint density at radius 3 is 2.67 bits per heavy atom. The van der Waals surface area contributed by atoms with Crippen molar-refractivity contribution in [2.45, 2.75) is 24.9 Å². The minimum atomic E-state index is -0.307. The highest BCUT2D eigenvalue weighted by molar-refractivity contribution is 6.39. The lowest BCUT2D eigenvalue weighted by Crippen LogP contribution is -2.38. The second kappa shape index (κ2) is 7.11. The van der Waals surface area contributed by atoms with Gasteiger partial charge in [0.2, 0.25) is 0 Å². The first-order chi connectivity index (χ1) is 14.4. The summed E-state index contributed by atoms with van der Waals surface area (Å²) in [5.41, 5.74) is 2.24. The molecule has 0 bridgehead atoms. The molecule has 0 amide bonds. The van der Waals surface area contributed by atoms with Crippen molar-refractivity contribution in [3.63, 3.8) is 0 Å². The Hall–Kier alpha value is -2.90. The Kier molecular flexibility index (Phi) is 4.52. The lowest BCUT2D eigenvalue weighted by Gasteiger charge is -2.28. The van der Waals surface area contributed by atoms with E-state index in [1.807, 2.05) is 24.1 Å². The predicted molar refractivity (Wildman–Crippen MR) is 118 cm³/mol. The van der Waals surface area contributed by atoms with Gasteiger partial charge in [-0.2, -0.15) is 0 Å². The van der Waals surface area contributed by atoms with Crippen LogP contribution in [0.4, 0.5) is 5.69 Å². The van der Waals surface area contributed by atoms with Crippen molar-refractivity contribution in [2.24, 2.45) is 4.99 Å². The third kappa shape index (κ3) is 3.05. The van der Waals surface area contributed by atoms with Crippen LogP contribution in [-0.2, 0) is 4.79 Å². The zero-order chi connectivity index (χ0) is 21.0. The summed E-state index contributed by atoms with van der Waals surface area (Å²) in [6.07, 6.45) is 6.34. The minimum Gasteiger partial charge on any atom is -0.336 e. The number of para-hydroxylation sites is 1. The maximum absolute atomic E-state index is 13.0. The average molecular weight is 442 g/mol. The fourth-order valence-electron chi connectivity index (χ4n) is 4.06. The number of anilines is 1. The number of nitrogens with one attached hydrogen (secondary N) is 2. The van der Waals surface area contributed by atoms with Gasteiger partial charge in [0.05, 0.1) is 39.1 Å². The van der Waals surface area contributed by atoms with E-state index in [0.717, 1.165) is 5.57 Å². The highest BCUT2D eigenvalue weighted by Gasteiger charge is 2.39. The van der Waals surface area contributed by atoms with Gasteiger partial charge < -0.3 is 15.2 Å². The molecule has 3 aliphatic rings. The van der Waals surface area contributed by atoms with Crippen LogP contribution in [0.1, 0.15) is 36.0 Å². The average Bonchev–Trinajstić information content (AvgIpc) is 3.28. The van der Waals surface area contributed by atoms with Gasteiger partial charge in [-0.1, -0.05) is 35.3 Å². The number of carbonyl (C=O) groups excluding carboxylic acids is 1. The number of H-pyrrole nitrogens is 1. The molecule has 1 aliphatic heterocycles. The summed E-state index contributed by atoms with van der Waals surface area (Å²) in [5.74, 6) is 1.07. The molecule has 2 aliphatic carbocycles. The molecule has 1 aromatic heterocycles. The fraction of sp³-hybridized carbons (Fsp3) is 0.238. The maximum Gasteiger partial charge on any atom is 0.257 e. The van der Waals surface area contributed by atoms with Crippen molar-refractivity contribution in [1.29, 1.82) is 0 Å². The summed E-state index contributed by atoms with van der Waals surface area (Å²) >= 11 is 12.6. The normalized spacial score (nSPS) is 22.0. The van der Waals surface area contributed by atoms with Crippen LogP contribution in [0.5, 0.6) is 0 Å². The van der Waals surface area contributed by atoms with Crippen LogP contribution in [0.25, 0.3) is 11.6 Å². The van der Waals surface area contributed by atoms with Crippen molar-refractivity contribution in [1.82, 2.24) is 14.9 Å². The first kappa shape index (κ1) is 19.1. The third-order valence-corrected chi connectivity index (χ3v) is 6.19. The zero-order valence-electron chi connectivity index (χ0n) is 15.9. The van der Waals surface area contributed by atoms with Gasteiger partial charge >= 0.3 is 0 Å². The van der Waals surface area contributed by atoms with Crippen molar-refractivity contribution in [2.75, 3.05) is 12.4 Å². The van der Waals surface area contributed by atoms with Gasteiger partial charge in [0.15, 0.2) is 11.7 Å². The minimum absolute atomic E-state index is 0.0545. The number of aromatic amines is 1. The molecule has 1 aromatic carbocycles. The van der Waals surface area contributed by atoms with E-state index < -0.39 is 0 Å². The Labute approximate surface area is 182 Å². The zero-order valence-corrected chi connectivity index (χ0v) is 17.5. The number of guanidine groups is 1. The van der Waals surface area contributed by atoms with E-state index in [-0.39, 0.29) is 23.4 Å². The van der Waals surface area contributed by atoms with Gasteiger partial charge in [0, 0.05) is 13.5 Å². The monoisotopic (exact) mass is 441 g/mol. The van der Waals surface area contributed by atoms with Crippen LogP contribution in [0, 0.1) is 0 Å². The highest BCUT2D eigenvalue weighted by atomic mass is 35.5. The smallest absolute Gasteiger partial charge is 0.257 e. The molecule has 7 nitrogen and oxygen atoms in total. The quantitative estimate of drug-likeness (QED) is 0.741. The van der Waals surface area contributed by atoms with E-state index in [0.29, 0.717) is 51.6 Å². The largest absolute Gasteiger partial charge is 0.336 e. The molecule has 0 saturated carbocycles. The van der Waals surface area contributed by atoms with Gasteiger partial charge in [0.25, 0.3) is 5.56 Å². The standard InChI is InChI=1S/C21H17Cl2N5O2/c1-28-18-15(25-21(28)26-17-12(22)3-2-4-13(17)23)8-7-14-16(18)20(30)27-19(24-14)10-5-6-11(29)9-10/h2-4,7-9,15,18H,5-6H2,1H3,(H,25,26)(H,24,27,30). The van der Waals surface area contributed by atoms with E-state index in [1.165, 1.54) is 0 Å². The van der Waals surface area contributed by atoms with Crippen LogP contribution < -0.4 is 10.9 Å². The molecule has 2 N–H and O–H groups in total. The Morgan fingerprint density at radius 1 is 1.20 bits per heavy atom. The number of fused-ring (bicyclic) bond motifs is 3. The molecule has 9 heteroatoms. The number of rotatable bonds is 2. The number of benzene rings is 1. The van der Waals surface area contributed by atoms with E-state index in [9.17, 15) is 9.59 Å². The van der Waals surface area contributed by atoms with Gasteiger partial charge in [0.1, 0.15) is 5.82 Å². The molecule has 152 valence electrons. The fourth-order valence-corrected chi connectivity index (χ4v) is 4.56. The summed E-state index contributed by atoms with van der Waals surface area (Å²) in [4.78, 5) is 38.6. The van der Waals surface area contributed by atoms with Crippen LogP contribution in [0.2, 0.25) is 10.0 Å². The molecule has 30 heavy (non-hydrogen) atoms. The van der Waals surface area contributed by atoms with Crippen LogP contribution in [0.3, 0.4) is 0 Å². The molecule has 2 aromatic rings. The van der Waals surface area contributed by atoms with Crippen LogP contribution >= 0.6 is 23.2 Å². The number of halogens is 2. The van der Waals surface area contributed by atoms with E-state index in [2.05, 4.69) is 15.3 Å². The van der Waals surface area contributed by atoms with Crippen LogP contribution in [-0.4, -0.2) is 39.7 Å². The SMILES string of the molecule is CN1C(Nc2c(Cl)cccc2Cl)=NC2C=Cc3nc(C4=CC(=O)CC4)[nH]c(=O)c3C21. The molecule has 2 atom stereocenters. The number of allylic oxidation sites excluding steroid dienone is 2. The highest BCUT2D eigenvalue weighted by Crippen LogP contribution is 2.38. The maximum atomic E-state index is 13.0. The summed E-state index contributed by atoms with van der Waals surface area (Å²) in [6, 6.07) is 4.70. The summed E-state index contributed by atoms with van der Waals surface area (Å²) in [6.45, 7) is 0. The van der Waals surface area contributed by atoms with E-state index in [1.54, 1.807) is 24.3 Å². The second-order valence-electron chi connectivity index (χ2n) is 7.43. The van der Waals surface area contributed by atoms with E-state index >= 15 is 0 Å². The number of ketones is 1. The van der Waals surface area contributed by atoms with E-state index in [4.69, 9.17) is 28.2 Å². The van der Waals surface area contributed by atoms with Gasteiger partial charge in [-0.05, 0) is 36.3 Å². The number of carbonyl (C=O) groups is 1. The molecular weight excluding hydrogens is 425 g/mol. The lowest BCUT2D eigenvalue weighted by atomic mass is 9.93. The van der Waals surface area contributed by atoms with Crippen molar-refractivity contribution in [3.05, 3.63) is 67.8 Å². The molecule has 0 fully saturated rings. The number of aliphatic imine (C=N–C) groups is 1. The van der Waals surface area contributed by atoms with Crippen LogP contribution in [0.15, 0.2) is 40.1 Å². The molecule has 2 unspecified atom stereocenters. The second-order valence-corrected chi connectivity index (χ2v) is 8.24. The van der Waals surface area contributed by atoms with Gasteiger partial charge in [-0.25, -0.2) is 9.98 Å². The predicted octanol–water partition coefficient (Wildman–Crippen LogP) is 3.67. The topological polar surface area (TPSA) is 90.4 Å². The first-order valence-corrected chi connectivity index (χ1v) is 10.3. The molecule has 0 spiro atoms. The van der Waals surface area contributed by atoms with Gasteiger partial charge in [-0.15, -0.1) is 0 Å². The van der Waals surface area contributed by atoms with Crippen molar-refractivity contribution in [3.8, 4) is 0 Å². The number of nitrogens with zero attached hydrogens (tertiary/aromatic N) is 3. The molecule has 5 rings (SSSR count). The van der Waals surface area contributed by atoms with Crippen molar-refractivity contribution < 1.29 is 4.79 Å². The number of aromatic nitrogens is 2. The summed E-state index contributed by atoms with van der Waals surface area (Å²) in [5, 5.41) is 4.15. The number of hydrogen-bond donors (Lipinski definition) is 2. The Morgan fingerprint density at radius 2 is 1.97 bits per heavy atom.